The maximum atomic E-state index is 12.4. The van der Waals surface area contributed by atoms with Crippen LogP contribution in [0.2, 0.25) is 0 Å². The van der Waals surface area contributed by atoms with E-state index in [1.165, 1.54) is 5.39 Å². The molecule has 0 bridgehead atoms. The van der Waals surface area contributed by atoms with Crippen molar-refractivity contribution in [2.75, 3.05) is 0 Å². The van der Waals surface area contributed by atoms with E-state index >= 15 is 0 Å². The normalized spacial score (nSPS) is 20.3. The number of carbonyl (C=O) groups is 1. The highest BCUT2D eigenvalue weighted by molar-refractivity contribution is 5.92. The number of nitrogens with zero attached hydrogens (tertiary/aromatic N) is 3. The fourth-order valence-corrected chi connectivity index (χ4v) is 3.91. The highest BCUT2D eigenvalue weighted by atomic mass is 16.2. The van der Waals surface area contributed by atoms with Crippen molar-refractivity contribution >= 4 is 16.9 Å². The smallest absolute Gasteiger partial charge is 0.271 e. The Kier molecular flexibility index (Phi) is 4.73. The molecule has 4 rings (SSSR count). The summed E-state index contributed by atoms with van der Waals surface area (Å²) in [6.45, 7) is 2.11. The Morgan fingerprint density at radius 3 is 2.96 bits per heavy atom. The molecule has 2 N–H and O–H groups in total. The van der Waals surface area contributed by atoms with E-state index in [0.717, 1.165) is 49.9 Å². The SMILES string of the molecule is CCCc1cc(C(=O)NC2CCC(n3ccc4cccnc43)CC2)n[nH]1. The summed E-state index contributed by atoms with van der Waals surface area (Å²) < 4.78 is 2.29. The molecule has 0 aliphatic heterocycles. The van der Waals surface area contributed by atoms with Gasteiger partial charge >= 0.3 is 0 Å². The van der Waals surface area contributed by atoms with Gasteiger partial charge in [0.05, 0.1) is 0 Å². The van der Waals surface area contributed by atoms with E-state index in [-0.39, 0.29) is 11.9 Å². The first-order valence-corrected chi connectivity index (χ1v) is 9.51. The fraction of sp³-hybridized carbons (Fsp3) is 0.450. The molecular formula is C20H25N5O. The largest absolute Gasteiger partial charge is 0.348 e. The first-order valence-electron chi connectivity index (χ1n) is 9.51. The molecule has 1 amide bonds. The van der Waals surface area contributed by atoms with Crippen LogP contribution in [-0.2, 0) is 6.42 Å². The molecule has 0 radical (unpaired) electrons. The van der Waals surface area contributed by atoms with Crippen LogP contribution >= 0.6 is 0 Å². The number of rotatable bonds is 5. The second kappa shape index (κ2) is 7.32. The van der Waals surface area contributed by atoms with Crippen LogP contribution in [-0.4, -0.2) is 31.7 Å². The quantitative estimate of drug-likeness (QED) is 0.737. The van der Waals surface area contributed by atoms with Crippen molar-refractivity contribution in [3.8, 4) is 0 Å². The van der Waals surface area contributed by atoms with Gasteiger partial charge in [0, 0.05) is 35.6 Å². The molecular weight excluding hydrogens is 326 g/mol. The van der Waals surface area contributed by atoms with Gasteiger partial charge in [-0.05, 0) is 56.4 Å². The highest BCUT2D eigenvalue weighted by Crippen LogP contribution is 2.31. The molecule has 0 aromatic carbocycles. The number of fused-ring (bicyclic) bond motifs is 1. The van der Waals surface area contributed by atoms with Gasteiger partial charge in [0.1, 0.15) is 11.3 Å². The lowest BCUT2D eigenvalue weighted by atomic mass is 9.91. The van der Waals surface area contributed by atoms with E-state index in [2.05, 4.69) is 50.3 Å². The number of pyridine rings is 1. The van der Waals surface area contributed by atoms with Crippen molar-refractivity contribution in [2.24, 2.45) is 0 Å². The zero-order valence-corrected chi connectivity index (χ0v) is 15.1. The Balaban J connectivity index is 1.35. The molecule has 26 heavy (non-hydrogen) atoms. The number of nitrogens with one attached hydrogen (secondary N) is 2. The standard InChI is InChI=1S/C20H25N5O/c1-2-4-16-13-18(24-23-16)20(26)22-15-6-8-17(9-7-15)25-12-10-14-5-3-11-21-19(14)25/h3,5,10-13,15,17H,2,4,6-9H2,1H3,(H,22,26)(H,23,24). The maximum absolute atomic E-state index is 12.4. The molecule has 1 aliphatic rings. The molecule has 1 fully saturated rings. The van der Waals surface area contributed by atoms with Crippen molar-refractivity contribution in [3.63, 3.8) is 0 Å². The molecule has 3 aromatic rings. The third-order valence-electron chi connectivity index (χ3n) is 5.28. The second-order valence-corrected chi connectivity index (χ2v) is 7.15. The van der Waals surface area contributed by atoms with E-state index in [1.54, 1.807) is 0 Å². The van der Waals surface area contributed by atoms with Crippen molar-refractivity contribution in [3.05, 3.63) is 48.0 Å². The van der Waals surface area contributed by atoms with Gasteiger partial charge in [-0.3, -0.25) is 9.89 Å². The van der Waals surface area contributed by atoms with Crippen LogP contribution in [0, 0.1) is 0 Å². The predicted octanol–water partition coefficient (Wildman–Crippen LogP) is 3.63. The molecule has 1 aliphatic carbocycles. The van der Waals surface area contributed by atoms with E-state index < -0.39 is 0 Å². The summed E-state index contributed by atoms with van der Waals surface area (Å²) in [4.78, 5) is 16.9. The molecule has 0 unspecified atom stereocenters. The van der Waals surface area contributed by atoms with Crippen LogP contribution in [0.3, 0.4) is 0 Å². The number of amides is 1. The maximum Gasteiger partial charge on any atom is 0.271 e. The Labute approximate surface area is 153 Å². The minimum absolute atomic E-state index is 0.0693. The third-order valence-corrected chi connectivity index (χ3v) is 5.28. The van der Waals surface area contributed by atoms with Crippen molar-refractivity contribution in [1.82, 2.24) is 25.1 Å². The molecule has 0 spiro atoms. The van der Waals surface area contributed by atoms with Crippen molar-refractivity contribution < 1.29 is 4.79 Å². The molecule has 1 saturated carbocycles. The minimum Gasteiger partial charge on any atom is -0.348 e. The van der Waals surface area contributed by atoms with Crippen LogP contribution in [0.15, 0.2) is 36.7 Å². The van der Waals surface area contributed by atoms with Gasteiger partial charge in [0.15, 0.2) is 0 Å². The Hall–Kier alpha value is -2.63. The minimum atomic E-state index is -0.0693. The lowest BCUT2D eigenvalue weighted by Gasteiger charge is -2.30. The number of carbonyl (C=O) groups excluding carboxylic acids is 1. The van der Waals surface area contributed by atoms with Crippen LogP contribution in [0.25, 0.3) is 11.0 Å². The summed E-state index contributed by atoms with van der Waals surface area (Å²) in [5.41, 5.74) is 2.57. The van der Waals surface area contributed by atoms with Gasteiger partial charge < -0.3 is 9.88 Å². The summed E-state index contributed by atoms with van der Waals surface area (Å²) >= 11 is 0. The first kappa shape index (κ1) is 16.8. The Bertz CT molecular complexity index is 888. The molecule has 3 heterocycles. The number of aryl methyl sites for hydroxylation is 1. The van der Waals surface area contributed by atoms with Gasteiger partial charge in [0.2, 0.25) is 0 Å². The number of H-pyrrole nitrogens is 1. The van der Waals surface area contributed by atoms with Gasteiger partial charge in [-0.25, -0.2) is 4.98 Å². The summed E-state index contributed by atoms with van der Waals surface area (Å²) in [7, 11) is 0. The summed E-state index contributed by atoms with van der Waals surface area (Å²) in [6, 6.07) is 8.74. The average molecular weight is 351 g/mol. The molecule has 3 aromatic heterocycles. The van der Waals surface area contributed by atoms with E-state index in [4.69, 9.17) is 0 Å². The van der Waals surface area contributed by atoms with Crippen molar-refractivity contribution in [1.29, 1.82) is 0 Å². The molecule has 6 heteroatoms. The van der Waals surface area contributed by atoms with E-state index in [0.29, 0.717) is 11.7 Å². The van der Waals surface area contributed by atoms with Crippen LogP contribution in [0.5, 0.6) is 0 Å². The molecule has 136 valence electrons. The van der Waals surface area contributed by atoms with Gasteiger partial charge in [-0.1, -0.05) is 13.3 Å². The van der Waals surface area contributed by atoms with Gasteiger partial charge in [-0.2, -0.15) is 5.10 Å². The zero-order valence-electron chi connectivity index (χ0n) is 15.1. The monoisotopic (exact) mass is 351 g/mol. The van der Waals surface area contributed by atoms with Crippen LogP contribution < -0.4 is 5.32 Å². The van der Waals surface area contributed by atoms with Gasteiger partial charge in [0.25, 0.3) is 5.91 Å². The second-order valence-electron chi connectivity index (χ2n) is 7.15. The highest BCUT2D eigenvalue weighted by Gasteiger charge is 2.25. The first-order chi connectivity index (χ1) is 12.7. The predicted molar refractivity (Wildman–Crippen MR) is 101 cm³/mol. The number of aromatic nitrogens is 4. The number of hydrogen-bond donors (Lipinski definition) is 2. The lowest BCUT2D eigenvalue weighted by Crippen LogP contribution is -2.38. The Morgan fingerprint density at radius 1 is 1.31 bits per heavy atom. The molecule has 0 saturated heterocycles. The van der Waals surface area contributed by atoms with E-state index in [1.807, 2.05) is 18.3 Å². The summed E-state index contributed by atoms with van der Waals surface area (Å²) in [5.74, 6) is -0.0693. The zero-order chi connectivity index (χ0) is 17.9. The average Bonchev–Trinajstić information content (AvgIpc) is 3.30. The number of hydrogen-bond acceptors (Lipinski definition) is 3. The lowest BCUT2D eigenvalue weighted by molar-refractivity contribution is 0.0917. The topological polar surface area (TPSA) is 75.6 Å². The van der Waals surface area contributed by atoms with Gasteiger partial charge in [-0.15, -0.1) is 0 Å². The fourth-order valence-electron chi connectivity index (χ4n) is 3.91. The van der Waals surface area contributed by atoms with E-state index in [9.17, 15) is 4.79 Å². The van der Waals surface area contributed by atoms with Crippen molar-refractivity contribution in [2.45, 2.75) is 57.5 Å². The van der Waals surface area contributed by atoms with Crippen LogP contribution in [0.1, 0.15) is 61.3 Å². The summed E-state index contributed by atoms with van der Waals surface area (Å²) in [6.07, 6.45) is 10.0. The number of aromatic amines is 1. The molecule has 0 atom stereocenters. The molecule has 6 nitrogen and oxygen atoms in total. The third kappa shape index (κ3) is 3.36. The van der Waals surface area contributed by atoms with Crippen LogP contribution in [0.4, 0.5) is 0 Å². The Morgan fingerprint density at radius 2 is 2.15 bits per heavy atom. The summed E-state index contributed by atoms with van der Waals surface area (Å²) in [5, 5.41) is 11.4.